The van der Waals surface area contributed by atoms with E-state index in [1.807, 2.05) is 37.3 Å². The minimum Gasteiger partial charge on any atom is -0.477 e. The first-order chi connectivity index (χ1) is 11.5. The number of nitro benzene ring substituents is 1. The summed E-state index contributed by atoms with van der Waals surface area (Å²) in [6.07, 6.45) is 0. The van der Waals surface area contributed by atoms with Crippen LogP contribution in [-0.4, -0.2) is 24.0 Å². The molecule has 0 bridgehead atoms. The van der Waals surface area contributed by atoms with Crippen LogP contribution in [0.3, 0.4) is 0 Å². The maximum atomic E-state index is 11.9. The standard InChI is InChI=1S/C18H20N2O4/c1-13-8-9-17(16(10-13)20(22)23)24-12-18(21)19-11-14(2)15-6-4-3-5-7-15/h3-10,14H,11-12H2,1-2H3,(H,19,21)/t14-/m0/s1. The van der Waals surface area contributed by atoms with Crippen molar-refractivity contribution in [3.63, 3.8) is 0 Å². The van der Waals surface area contributed by atoms with Crippen molar-refractivity contribution in [2.45, 2.75) is 19.8 Å². The predicted octanol–water partition coefficient (Wildman–Crippen LogP) is 3.20. The van der Waals surface area contributed by atoms with Gasteiger partial charge in [-0.05, 0) is 30.0 Å². The van der Waals surface area contributed by atoms with Gasteiger partial charge in [-0.3, -0.25) is 14.9 Å². The first kappa shape index (κ1) is 17.5. The van der Waals surface area contributed by atoms with E-state index >= 15 is 0 Å². The molecule has 1 N–H and O–H groups in total. The third-order valence-electron chi connectivity index (χ3n) is 3.64. The van der Waals surface area contributed by atoms with Gasteiger partial charge in [0.25, 0.3) is 5.91 Å². The van der Waals surface area contributed by atoms with Gasteiger partial charge in [0.1, 0.15) is 0 Å². The molecule has 0 saturated heterocycles. The lowest BCUT2D eigenvalue weighted by atomic mass is 10.0. The van der Waals surface area contributed by atoms with E-state index in [4.69, 9.17) is 4.74 Å². The van der Waals surface area contributed by atoms with Gasteiger partial charge in [0.2, 0.25) is 0 Å². The molecule has 0 aliphatic rings. The van der Waals surface area contributed by atoms with Gasteiger partial charge in [-0.15, -0.1) is 0 Å². The maximum absolute atomic E-state index is 11.9. The number of nitro groups is 1. The fraction of sp³-hybridized carbons (Fsp3) is 0.278. The van der Waals surface area contributed by atoms with E-state index in [1.54, 1.807) is 13.0 Å². The second kappa shape index (κ2) is 8.10. The molecule has 0 unspecified atom stereocenters. The summed E-state index contributed by atoms with van der Waals surface area (Å²) in [6.45, 7) is 3.99. The van der Waals surface area contributed by atoms with Crippen molar-refractivity contribution in [1.82, 2.24) is 5.32 Å². The summed E-state index contributed by atoms with van der Waals surface area (Å²) in [5, 5.41) is 13.8. The van der Waals surface area contributed by atoms with Crippen molar-refractivity contribution in [3.05, 3.63) is 69.8 Å². The normalized spacial score (nSPS) is 11.6. The molecule has 0 fully saturated rings. The van der Waals surface area contributed by atoms with Gasteiger partial charge in [0.05, 0.1) is 4.92 Å². The van der Waals surface area contributed by atoms with Crippen LogP contribution in [0.4, 0.5) is 5.69 Å². The number of aryl methyl sites for hydroxylation is 1. The number of amides is 1. The maximum Gasteiger partial charge on any atom is 0.311 e. The molecule has 126 valence electrons. The van der Waals surface area contributed by atoms with E-state index in [9.17, 15) is 14.9 Å². The van der Waals surface area contributed by atoms with Crippen LogP contribution < -0.4 is 10.1 Å². The van der Waals surface area contributed by atoms with E-state index in [2.05, 4.69) is 5.32 Å². The fourth-order valence-electron chi connectivity index (χ4n) is 2.25. The fourth-order valence-corrected chi connectivity index (χ4v) is 2.25. The number of rotatable bonds is 7. The third-order valence-corrected chi connectivity index (χ3v) is 3.64. The summed E-state index contributed by atoms with van der Waals surface area (Å²) in [5.74, 6) is -0.0478. The molecule has 2 rings (SSSR count). The smallest absolute Gasteiger partial charge is 0.311 e. The lowest BCUT2D eigenvalue weighted by Gasteiger charge is -2.13. The first-order valence-corrected chi connectivity index (χ1v) is 7.67. The zero-order valence-corrected chi connectivity index (χ0v) is 13.7. The van der Waals surface area contributed by atoms with Gasteiger partial charge in [-0.2, -0.15) is 0 Å². The van der Waals surface area contributed by atoms with Crippen LogP contribution in [0.25, 0.3) is 0 Å². The molecule has 0 radical (unpaired) electrons. The van der Waals surface area contributed by atoms with Crippen LogP contribution in [0, 0.1) is 17.0 Å². The Labute approximate surface area is 140 Å². The molecule has 6 nitrogen and oxygen atoms in total. The molecule has 0 aliphatic carbocycles. The molecule has 2 aromatic rings. The summed E-state index contributed by atoms with van der Waals surface area (Å²) in [5.41, 5.74) is 1.75. The Kier molecular flexibility index (Phi) is 5.89. The molecule has 24 heavy (non-hydrogen) atoms. The van der Waals surface area contributed by atoms with Crippen LogP contribution >= 0.6 is 0 Å². The molecular weight excluding hydrogens is 308 g/mol. The van der Waals surface area contributed by atoms with E-state index in [-0.39, 0.29) is 29.9 Å². The Balaban J connectivity index is 1.87. The van der Waals surface area contributed by atoms with Gasteiger partial charge in [-0.25, -0.2) is 0 Å². The van der Waals surface area contributed by atoms with Crippen molar-refractivity contribution < 1.29 is 14.5 Å². The molecule has 1 amide bonds. The van der Waals surface area contributed by atoms with Gasteiger partial charge in [0, 0.05) is 12.6 Å². The number of hydrogen-bond acceptors (Lipinski definition) is 4. The number of carbonyl (C=O) groups is 1. The molecule has 2 aromatic carbocycles. The summed E-state index contributed by atoms with van der Waals surface area (Å²) in [4.78, 5) is 22.4. The van der Waals surface area contributed by atoms with E-state index in [1.165, 1.54) is 12.1 Å². The minimum atomic E-state index is -0.516. The number of carbonyl (C=O) groups excluding carboxylic acids is 1. The highest BCUT2D eigenvalue weighted by atomic mass is 16.6. The van der Waals surface area contributed by atoms with E-state index in [0.29, 0.717) is 6.54 Å². The van der Waals surface area contributed by atoms with Crippen molar-refractivity contribution in [1.29, 1.82) is 0 Å². The molecule has 6 heteroatoms. The molecule has 0 aliphatic heterocycles. The summed E-state index contributed by atoms with van der Waals surface area (Å²) < 4.78 is 5.30. The van der Waals surface area contributed by atoms with Crippen molar-refractivity contribution in [2.24, 2.45) is 0 Å². The SMILES string of the molecule is Cc1ccc(OCC(=O)NC[C@H](C)c2ccccc2)c([N+](=O)[O-])c1. The predicted molar refractivity (Wildman–Crippen MR) is 91.2 cm³/mol. The number of benzene rings is 2. The summed E-state index contributed by atoms with van der Waals surface area (Å²) >= 11 is 0. The highest BCUT2D eigenvalue weighted by molar-refractivity contribution is 5.77. The van der Waals surface area contributed by atoms with Crippen molar-refractivity contribution in [3.8, 4) is 5.75 Å². The number of nitrogens with one attached hydrogen (secondary N) is 1. The molecule has 0 aromatic heterocycles. The molecule has 0 spiro atoms. The molecule has 0 saturated carbocycles. The van der Waals surface area contributed by atoms with E-state index < -0.39 is 4.92 Å². The summed E-state index contributed by atoms with van der Waals surface area (Å²) in [6, 6.07) is 14.5. The molecular formula is C18H20N2O4. The number of nitrogens with zero attached hydrogens (tertiary/aromatic N) is 1. The van der Waals surface area contributed by atoms with E-state index in [0.717, 1.165) is 11.1 Å². The quantitative estimate of drug-likeness (QED) is 0.625. The lowest BCUT2D eigenvalue weighted by Crippen LogP contribution is -2.31. The van der Waals surface area contributed by atoms with Gasteiger partial charge in [-0.1, -0.05) is 43.3 Å². The average molecular weight is 328 g/mol. The van der Waals surface area contributed by atoms with Crippen LogP contribution in [-0.2, 0) is 4.79 Å². The second-order valence-electron chi connectivity index (χ2n) is 5.63. The zero-order valence-electron chi connectivity index (χ0n) is 13.7. The number of hydrogen-bond donors (Lipinski definition) is 1. The Morgan fingerprint density at radius 2 is 1.96 bits per heavy atom. The number of ether oxygens (including phenoxy) is 1. The Bertz CT molecular complexity index is 716. The Morgan fingerprint density at radius 3 is 2.62 bits per heavy atom. The third kappa shape index (κ3) is 4.81. The van der Waals surface area contributed by atoms with Gasteiger partial charge >= 0.3 is 5.69 Å². The minimum absolute atomic E-state index is 0.0943. The highest BCUT2D eigenvalue weighted by Gasteiger charge is 2.16. The summed E-state index contributed by atoms with van der Waals surface area (Å²) in [7, 11) is 0. The van der Waals surface area contributed by atoms with Gasteiger partial charge in [0.15, 0.2) is 12.4 Å². The first-order valence-electron chi connectivity index (χ1n) is 7.67. The van der Waals surface area contributed by atoms with Crippen LogP contribution in [0.2, 0.25) is 0 Å². The monoisotopic (exact) mass is 328 g/mol. The second-order valence-corrected chi connectivity index (χ2v) is 5.63. The Hall–Kier alpha value is -2.89. The zero-order chi connectivity index (χ0) is 17.5. The Morgan fingerprint density at radius 1 is 1.25 bits per heavy atom. The lowest BCUT2D eigenvalue weighted by molar-refractivity contribution is -0.385. The van der Waals surface area contributed by atoms with Crippen LogP contribution in [0.1, 0.15) is 24.0 Å². The van der Waals surface area contributed by atoms with Gasteiger partial charge < -0.3 is 10.1 Å². The van der Waals surface area contributed by atoms with Crippen molar-refractivity contribution in [2.75, 3.05) is 13.2 Å². The molecule has 1 atom stereocenters. The largest absolute Gasteiger partial charge is 0.477 e. The van der Waals surface area contributed by atoms with Crippen LogP contribution in [0.15, 0.2) is 48.5 Å². The average Bonchev–Trinajstić information content (AvgIpc) is 2.59. The highest BCUT2D eigenvalue weighted by Crippen LogP contribution is 2.27. The topological polar surface area (TPSA) is 81.5 Å². The van der Waals surface area contributed by atoms with Crippen molar-refractivity contribution >= 4 is 11.6 Å². The molecule has 0 heterocycles. The van der Waals surface area contributed by atoms with Crippen LogP contribution in [0.5, 0.6) is 5.75 Å².